The molecule has 0 aromatic heterocycles. The number of hydrogen-bond donors (Lipinski definition) is 0. The van der Waals surface area contributed by atoms with E-state index in [2.05, 4.69) is 0 Å². The van der Waals surface area contributed by atoms with E-state index < -0.39 is 6.29 Å². The van der Waals surface area contributed by atoms with Gasteiger partial charge in [-0.05, 0) is 36.4 Å². The standard InChI is InChI=1S/C20H18O3.H2O/c1-4-10-17(11-5-1)21-16-20(22-18-12-6-2-7-13-18)23-19-14-8-3-9-15-19;/h1-15,20H,16H2;1H2. The molecule has 3 rings (SSSR count). The Morgan fingerprint density at radius 3 is 1.33 bits per heavy atom. The van der Waals surface area contributed by atoms with Crippen LogP contribution in [-0.4, -0.2) is 18.4 Å². The molecule has 0 saturated heterocycles. The number of ether oxygens (including phenoxy) is 3. The third-order valence-corrected chi connectivity index (χ3v) is 3.15. The van der Waals surface area contributed by atoms with Crippen LogP contribution >= 0.6 is 0 Å². The highest BCUT2D eigenvalue weighted by molar-refractivity contribution is 5.24. The van der Waals surface area contributed by atoms with Crippen LogP contribution in [0.2, 0.25) is 0 Å². The second-order valence-electron chi connectivity index (χ2n) is 4.92. The molecule has 0 radical (unpaired) electrons. The second-order valence-corrected chi connectivity index (χ2v) is 4.92. The number of para-hydroxylation sites is 3. The summed E-state index contributed by atoms with van der Waals surface area (Å²) in [7, 11) is 0. The van der Waals surface area contributed by atoms with Gasteiger partial charge in [-0.25, -0.2) is 0 Å². The van der Waals surface area contributed by atoms with Gasteiger partial charge in [-0.15, -0.1) is 0 Å². The maximum Gasteiger partial charge on any atom is 0.274 e. The number of hydrogen-bond acceptors (Lipinski definition) is 3. The van der Waals surface area contributed by atoms with Gasteiger partial charge in [0, 0.05) is 0 Å². The lowest BCUT2D eigenvalue weighted by Crippen LogP contribution is -2.31. The molecule has 0 saturated carbocycles. The maximum absolute atomic E-state index is 5.89. The quantitative estimate of drug-likeness (QED) is 0.622. The van der Waals surface area contributed by atoms with Crippen molar-refractivity contribution in [3.05, 3.63) is 91.0 Å². The Bertz CT molecular complexity index is 645. The fourth-order valence-electron chi connectivity index (χ4n) is 2.07. The Hall–Kier alpha value is -2.98. The molecule has 0 aliphatic heterocycles. The smallest absolute Gasteiger partial charge is 0.274 e. The fourth-order valence-corrected chi connectivity index (χ4v) is 2.07. The summed E-state index contributed by atoms with van der Waals surface area (Å²) in [6.07, 6.45) is -0.542. The van der Waals surface area contributed by atoms with Gasteiger partial charge in [0.15, 0.2) is 6.61 Å². The van der Waals surface area contributed by atoms with E-state index in [0.29, 0.717) is 0 Å². The predicted octanol–water partition coefficient (Wildman–Crippen LogP) is 3.72. The summed E-state index contributed by atoms with van der Waals surface area (Å²) >= 11 is 0. The van der Waals surface area contributed by atoms with Crippen molar-refractivity contribution in [1.82, 2.24) is 0 Å². The molecule has 4 nitrogen and oxygen atoms in total. The van der Waals surface area contributed by atoms with Gasteiger partial charge in [-0.2, -0.15) is 0 Å². The third kappa shape index (κ3) is 5.34. The summed E-state index contributed by atoms with van der Waals surface area (Å²) in [5.41, 5.74) is 0. The first-order valence-corrected chi connectivity index (χ1v) is 7.51. The summed E-state index contributed by atoms with van der Waals surface area (Å²) in [6, 6.07) is 28.8. The Balaban J connectivity index is 0.00000208. The van der Waals surface area contributed by atoms with Crippen molar-refractivity contribution in [3.63, 3.8) is 0 Å². The van der Waals surface area contributed by atoms with Gasteiger partial charge in [0.25, 0.3) is 6.29 Å². The van der Waals surface area contributed by atoms with Crippen LogP contribution in [0, 0.1) is 0 Å². The van der Waals surface area contributed by atoms with Crippen LogP contribution in [0.4, 0.5) is 0 Å². The van der Waals surface area contributed by atoms with Gasteiger partial charge in [-0.1, -0.05) is 54.6 Å². The second kappa shape index (κ2) is 9.22. The largest absolute Gasteiger partial charge is 0.486 e. The molecule has 0 fully saturated rings. The van der Waals surface area contributed by atoms with Crippen LogP contribution in [0.25, 0.3) is 0 Å². The molecule has 0 unspecified atom stereocenters. The molecule has 0 bridgehead atoms. The maximum atomic E-state index is 5.89. The van der Waals surface area contributed by atoms with Gasteiger partial charge in [0.2, 0.25) is 0 Å². The Morgan fingerprint density at radius 1 is 0.542 bits per heavy atom. The molecular weight excluding hydrogens is 304 g/mol. The average molecular weight is 324 g/mol. The van der Waals surface area contributed by atoms with E-state index in [9.17, 15) is 0 Å². The van der Waals surface area contributed by atoms with E-state index in [4.69, 9.17) is 14.2 Å². The van der Waals surface area contributed by atoms with Crippen molar-refractivity contribution in [2.45, 2.75) is 6.29 Å². The van der Waals surface area contributed by atoms with E-state index in [1.165, 1.54) is 0 Å². The minimum atomic E-state index is -0.542. The molecule has 124 valence electrons. The first-order chi connectivity index (χ1) is 11.4. The normalized spacial score (nSPS) is 9.88. The van der Waals surface area contributed by atoms with Crippen LogP contribution in [0.1, 0.15) is 0 Å². The number of benzene rings is 3. The zero-order chi connectivity index (χ0) is 15.7. The van der Waals surface area contributed by atoms with E-state index >= 15 is 0 Å². The van der Waals surface area contributed by atoms with Crippen molar-refractivity contribution in [2.75, 3.05) is 6.61 Å². The van der Waals surface area contributed by atoms with Crippen molar-refractivity contribution in [1.29, 1.82) is 0 Å². The van der Waals surface area contributed by atoms with E-state index in [-0.39, 0.29) is 12.1 Å². The van der Waals surface area contributed by atoms with Crippen molar-refractivity contribution in [2.24, 2.45) is 0 Å². The van der Waals surface area contributed by atoms with Gasteiger partial charge >= 0.3 is 0 Å². The molecule has 0 spiro atoms. The predicted molar refractivity (Wildman–Crippen MR) is 93.5 cm³/mol. The Labute approximate surface area is 141 Å². The summed E-state index contributed by atoms with van der Waals surface area (Å²) in [6.45, 7) is 0.286. The van der Waals surface area contributed by atoms with Crippen LogP contribution in [0.3, 0.4) is 0 Å². The van der Waals surface area contributed by atoms with E-state index in [1.807, 2.05) is 91.0 Å². The lowest BCUT2D eigenvalue weighted by Gasteiger charge is -2.21. The molecule has 0 aliphatic rings. The molecular formula is C20H20O4. The zero-order valence-electron chi connectivity index (χ0n) is 13.2. The van der Waals surface area contributed by atoms with Gasteiger partial charge in [-0.3, -0.25) is 0 Å². The highest BCUT2D eigenvalue weighted by Gasteiger charge is 2.13. The van der Waals surface area contributed by atoms with Crippen LogP contribution in [-0.2, 0) is 0 Å². The van der Waals surface area contributed by atoms with Crippen molar-refractivity contribution >= 4 is 0 Å². The minimum absolute atomic E-state index is 0. The lowest BCUT2D eigenvalue weighted by molar-refractivity contribution is -0.0276. The summed E-state index contributed by atoms with van der Waals surface area (Å²) in [5, 5.41) is 0. The Morgan fingerprint density at radius 2 is 0.917 bits per heavy atom. The molecule has 0 amide bonds. The molecule has 3 aromatic rings. The molecule has 2 N–H and O–H groups in total. The van der Waals surface area contributed by atoms with Crippen LogP contribution < -0.4 is 14.2 Å². The summed E-state index contributed by atoms with van der Waals surface area (Å²) in [5.74, 6) is 2.26. The minimum Gasteiger partial charge on any atom is -0.486 e. The topological polar surface area (TPSA) is 59.2 Å². The van der Waals surface area contributed by atoms with E-state index in [1.54, 1.807) is 0 Å². The molecule has 0 atom stereocenters. The monoisotopic (exact) mass is 324 g/mol. The molecule has 3 aromatic carbocycles. The fraction of sp³-hybridized carbons (Fsp3) is 0.100. The molecule has 0 aliphatic carbocycles. The highest BCUT2D eigenvalue weighted by atomic mass is 16.7. The van der Waals surface area contributed by atoms with Gasteiger partial charge in [0.1, 0.15) is 17.2 Å². The van der Waals surface area contributed by atoms with Crippen molar-refractivity contribution < 1.29 is 19.7 Å². The summed E-state index contributed by atoms with van der Waals surface area (Å²) in [4.78, 5) is 0. The van der Waals surface area contributed by atoms with Crippen LogP contribution in [0.15, 0.2) is 91.0 Å². The highest BCUT2D eigenvalue weighted by Crippen LogP contribution is 2.17. The van der Waals surface area contributed by atoms with Crippen molar-refractivity contribution in [3.8, 4) is 17.2 Å². The van der Waals surface area contributed by atoms with E-state index in [0.717, 1.165) is 17.2 Å². The SMILES string of the molecule is O.c1ccc(OCC(Oc2ccccc2)Oc2ccccc2)cc1. The molecule has 4 heteroatoms. The first-order valence-electron chi connectivity index (χ1n) is 7.51. The van der Waals surface area contributed by atoms with Gasteiger partial charge < -0.3 is 19.7 Å². The number of rotatable bonds is 7. The third-order valence-electron chi connectivity index (χ3n) is 3.15. The summed E-state index contributed by atoms with van der Waals surface area (Å²) < 4.78 is 17.5. The lowest BCUT2D eigenvalue weighted by atomic mass is 10.3. The zero-order valence-corrected chi connectivity index (χ0v) is 13.2. The Kier molecular flexibility index (Phi) is 6.68. The average Bonchev–Trinajstić information content (AvgIpc) is 2.62. The van der Waals surface area contributed by atoms with Gasteiger partial charge in [0.05, 0.1) is 0 Å². The van der Waals surface area contributed by atoms with Crippen LogP contribution in [0.5, 0.6) is 17.2 Å². The first kappa shape index (κ1) is 17.4. The molecule has 24 heavy (non-hydrogen) atoms. The molecule has 0 heterocycles.